The van der Waals surface area contributed by atoms with Gasteiger partial charge in [0.15, 0.2) is 0 Å². The molecule has 0 unspecified atom stereocenters. The Morgan fingerprint density at radius 3 is 1.68 bits per heavy atom. The number of benzene rings is 2. The zero-order valence-corrected chi connectivity index (χ0v) is 12.2. The van der Waals surface area contributed by atoms with Gasteiger partial charge in [-0.2, -0.15) is 0 Å². The van der Waals surface area contributed by atoms with Crippen LogP contribution in [-0.2, 0) is 11.8 Å². The Bertz CT molecular complexity index is 706. The molecule has 0 aliphatic carbocycles. The maximum absolute atomic E-state index is 6.51. The Kier molecular flexibility index (Phi) is 3.53. The molecule has 1 heterocycles. The third kappa shape index (κ3) is 2.06. The first-order valence-electron chi connectivity index (χ1n) is 5.87. The molecule has 0 saturated heterocycles. The number of halogens is 3. The molecule has 1 nitrogen and oxygen atoms in total. The van der Waals surface area contributed by atoms with E-state index >= 15 is 0 Å². The highest BCUT2D eigenvalue weighted by Crippen LogP contribution is 2.33. The molecule has 0 fully saturated rings. The minimum atomic E-state index is 0.412. The number of fused-ring (bicyclic) bond motifs is 2. The lowest BCUT2D eigenvalue weighted by Gasteiger charge is -2.10. The first kappa shape index (κ1) is 13.0. The van der Waals surface area contributed by atoms with Gasteiger partial charge in [0.05, 0.1) is 16.1 Å². The minimum Gasteiger partial charge on any atom is -0.247 e. The summed E-state index contributed by atoms with van der Waals surface area (Å²) in [7, 11) is 0. The van der Waals surface area contributed by atoms with E-state index in [2.05, 4.69) is 0 Å². The maximum Gasteiger partial charge on any atom is 0.0768 e. The summed E-state index contributed by atoms with van der Waals surface area (Å²) in [6.45, 7) is 0. The van der Waals surface area contributed by atoms with Crippen molar-refractivity contribution < 1.29 is 0 Å². The molecular formula is C15H10Cl3N. The summed E-state index contributed by atoms with van der Waals surface area (Å²) in [6.07, 6.45) is 0. The fourth-order valence-corrected chi connectivity index (χ4v) is 3.01. The average molecular weight is 311 g/mol. The van der Waals surface area contributed by atoms with Crippen molar-refractivity contribution in [3.63, 3.8) is 0 Å². The van der Waals surface area contributed by atoms with Crippen LogP contribution in [0.2, 0.25) is 5.02 Å². The zero-order valence-electron chi connectivity index (χ0n) is 9.96. The molecule has 0 bridgehead atoms. The normalized spacial score (nSPS) is 11.3. The first-order chi connectivity index (χ1) is 9.26. The van der Waals surface area contributed by atoms with Crippen LogP contribution in [0.4, 0.5) is 0 Å². The van der Waals surface area contributed by atoms with Gasteiger partial charge in [0.2, 0.25) is 0 Å². The number of aromatic nitrogens is 1. The van der Waals surface area contributed by atoms with Gasteiger partial charge in [-0.25, -0.2) is 4.98 Å². The average Bonchev–Trinajstić information content (AvgIpc) is 2.46. The van der Waals surface area contributed by atoms with E-state index in [-0.39, 0.29) is 0 Å². The standard InChI is InChI=1S/C15H10Cl3N/c16-7-9-3-1-5-11-13(18)12-6-2-4-10(8-17)15(12)19-14(9)11/h1-6H,7-8H2. The predicted octanol–water partition coefficient (Wildman–Crippen LogP) is 5.52. The molecule has 96 valence electrons. The van der Waals surface area contributed by atoms with Crippen molar-refractivity contribution in [2.24, 2.45) is 0 Å². The monoisotopic (exact) mass is 309 g/mol. The van der Waals surface area contributed by atoms with Crippen molar-refractivity contribution in [1.82, 2.24) is 4.98 Å². The highest BCUT2D eigenvalue weighted by molar-refractivity contribution is 6.40. The predicted molar refractivity (Wildman–Crippen MR) is 83.4 cm³/mol. The van der Waals surface area contributed by atoms with E-state index in [4.69, 9.17) is 39.8 Å². The third-order valence-electron chi connectivity index (χ3n) is 3.22. The second kappa shape index (κ2) is 5.16. The summed E-state index contributed by atoms with van der Waals surface area (Å²) >= 11 is 18.5. The van der Waals surface area contributed by atoms with Crippen LogP contribution in [0.25, 0.3) is 21.8 Å². The fraction of sp³-hybridized carbons (Fsp3) is 0.133. The van der Waals surface area contributed by atoms with Gasteiger partial charge < -0.3 is 0 Å². The number of para-hydroxylation sites is 2. The molecule has 0 aliphatic rings. The Balaban J connectivity index is 2.53. The van der Waals surface area contributed by atoms with Gasteiger partial charge in [0.1, 0.15) is 0 Å². The van der Waals surface area contributed by atoms with Crippen molar-refractivity contribution in [1.29, 1.82) is 0 Å². The molecule has 0 radical (unpaired) electrons. The van der Waals surface area contributed by atoms with Crippen LogP contribution >= 0.6 is 34.8 Å². The molecule has 1 aromatic heterocycles. The summed E-state index contributed by atoms with van der Waals surface area (Å²) in [4.78, 5) is 4.73. The zero-order chi connectivity index (χ0) is 13.4. The lowest BCUT2D eigenvalue weighted by Crippen LogP contribution is -1.92. The van der Waals surface area contributed by atoms with Crippen LogP contribution in [0, 0.1) is 0 Å². The largest absolute Gasteiger partial charge is 0.247 e. The van der Waals surface area contributed by atoms with Gasteiger partial charge in [-0.3, -0.25) is 0 Å². The van der Waals surface area contributed by atoms with Crippen LogP contribution in [-0.4, -0.2) is 4.98 Å². The number of nitrogens with zero attached hydrogens (tertiary/aromatic N) is 1. The summed E-state index contributed by atoms with van der Waals surface area (Å²) < 4.78 is 0. The topological polar surface area (TPSA) is 12.9 Å². The molecule has 0 amide bonds. The summed E-state index contributed by atoms with van der Waals surface area (Å²) in [5.41, 5.74) is 3.67. The van der Waals surface area contributed by atoms with Crippen molar-refractivity contribution in [2.45, 2.75) is 11.8 Å². The lowest BCUT2D eigenvalue weighted by molar-refractivity contribution is 1.35. The highest BCUT2D eigenvalue weighted by atomic mass is 35.5. The highest BCUT2D eigenvalue weighted by Gasteiger charge is 2.11. The Morgan fingerprint density at radius 1 is 0.789 bits per heavy atom. The van der Waals surface area contributed by atoms with Crippen molar-refractivity contribution in [2.75, 3.05) is 0 Å². The maximum atomic E-state index is 6.51. The Hall–Kier alpha value is -1.02. The van der Waals surface area contributed by atoms with Crippen molar-refractivity contribution >= 4 is 56.6 Å². The van der Waals surface area contributed by atoms with E-state index in [1.165, 1.54) is 0 Å². The van der Waals surface area contributed by atoms with E-state index in [0.29, 0.717) is 16.8 Å². The lowest BCUT2D eigenvalue weighted by atomic mass is 10.1. The van der Waals surface area contributed by atoms with E-state index in [1.807, 2.05) is 36.4 Å². The van der Waals surface area contributed by atoms with Gasteiger partial charge in [-0.05, 0) is 11.1 Å². The Labute approximate surface area is 126 Å². The van der Waals surface area contributed by atoms with Gasteiger partial charge in [-0.1, -0.05) is 48.0 Å². The number of pyridine rings is 1. The van der Waals surface area contributed by atoms with E-state index in [1.54, 1.807) is 0 Å². The van der Waals surface area contributed by atoms with Crippen LogP contribution in [0.15, 0.2) is 36.4 Å². The van der Waals surface area contributed by atoms with Crippen LogP contribution in [0.3, 0.4) is 0 Å². The van der Waals surface area contributed by atoms with Crippen LogP contribution in [0.5, 0.6) is 0 Å². The fourth-order valence-electron chi connectivity index (χ4n) is 2.27. The molecule has 0 atom stereocenters. The molecule has 0 aliphatic heterocycles. The molecular weight excluding hydrogens is 301 g/mol. The molecule has 0 N–H and O–H groups in total. The molecule has 3 rings (SSSR count). The van der Waals surface area contributed by atoms with E-state index < -0.39 is 0 Å². The molecule has 3 aromatic rings. The second-order valence-corrected chi connectivity index (χ2v) is 5.23. The summed E-state index contributed by atoms with van der Waals surface area (Å²) in [5.74, 6) is 0.824. The number of hydrogen-bond acceptors (Lipinski definition) is 1. The summed E-state index contributed by atoms with van der Waals surface area (Å²) in [6, 6.07) is 11.8. The van der Waals surface area contributed by atoms with Gasteiger partial charge in [0, 0.05) is 22.5 Å². The van der Waals surface area contributed by atoms with E-state index in [9.17, 15) is 0 Å². The summed E-state index contributed by atoms with van der Waals surface area (Å²) in [5, 5.41) is 2.57. The first-order valence-corrected chi connectivity index (χ1v) is 7.31. The quantitative estimate of drug-likeness (QED) is 0.448. The van der Waals surface area contributed by atoms with E-state index in [0.717, 1.165) is 32.9 Å². The van der Waals surface area contributed by atoms with Gasteiger partial charge in [0.25, 0.3) is 0 Å². The number of hydrogen-bond donors (Lipinski definition) is 0. The van der Waals surface area contributed by atoms with Gasteiger partial charge in [-0.15, -0.1) is 23.2 Å². The molecule has 2 aromatic carbocycles. The minimum absolute atomic E-state index is 0.412. The Morgan fingerprint density at radius 2 is 1.26 bits per heavy atom. The third-order valence-corrected chi connectivity index (χ3v) is 4.21. The number of alkyl halides is 2. The SMILES string of the molecule is ClCc1cccc2c(Cl)c3cccc(CCl)c3nc12. The molecule has 0 saturated carbocycles. The second-order valence-electron chi connectivity index (χ2n) is 4.32. The van der Waals surface area contributed by atoms with Crippen LogP contribution in [0.1, 0.15) is 11.1 Å². The number of rotatable bonds is 2. The molecule has 4 heteroatoms. The van der Waals surface area contributed by atoms with Gasteiger partial charge >= 0.3 is 0 Å². The van der Waals surface area contributed by atoms with Crippen molar-refractivity contribution in [3.8, 4) is 0 Å². The van der Waals surface area contributed by atoms with Crippen LogP contribution < -0.4 is 0 Å². The smallest absolute Gasteiger partial charge is 0.0768 e. The van der Waals surface area contributed by atoms with Crippen molar-refractivity contribution in [3.05, 3.63) is 52.5 Å². The molecule has 19 heavy (non-hydrogen) atoms. The molecule has 0 spiro atoms.